The number of anilines is 1. The van der Waals surface area contributed by atoms with Gasteiger partial charge in [0.05, 0.1) is 30.6 Å². The molecular formula is C26H31N3O5. The summed E-state index contributed by atoms with van der Waals surface area (Å²) >= 11 is 0. The zero-order valence-electron chi connectivity index (χ0n) is 20.0. The Kier molecular flexibility index (Phi) is 5.41. The number of aliphatic hydroxyl groups is 1. The van der Waals surface area contributed by atoms with Gasteiger partial charge in [-0.05, 0) is 38.0 Å². The SMILES string of the molecule is Cc1ccc(C)c(N2CC=C[C@]34O[C@H]5C=CCN(C)C(=O)[C@H]5[C@H]3C(=O)N([C@H](C)CO)C4C2=O)c1. The Morgan fingerprint density at radius 2 is 1.88 bits per heavy atom. The summed E-state index contributed by atoms with van der Waals surface area (Å²) in [6, 6.07) is 4.35. The quantitative estimate of drug-likeness (QED) is 0.678. The average Bonchev–Trinajstić information content (AvgIpc) is 3.15. The molecule has 4 aliphatic rings. The van der Waals surface area contributed by atoms with Crippen molar-refractivity contribution in [3.8, 4) is 0 Å². The number of likely N-dealkylation sites (tertiary alicyclic amines) is 1. The maximum Gasteiger partial charge on any atom is 0.253 e. The van der Waals surface area contributed by atoms with Crippen molar-refractivity contribution in [2.45, 2.75) is 44.6 Å². The molecule has 1 spiro atoms. The van der Waals surface area contributed by atoms with Crippen LogP contribution in [0.4, 0.5) is 5.69 Å². The minimum Gasteiger partial charge on any atom is -0.394 e. The molecule has 1 aromatic rings. The monoisotopic (exact) mass is 465 g/mol. The van der Waals surface area contributed by atoms with Gasteiger partial charge in [-0.3, -0.25) is 14.4 Å². The number of aliphatic hydroxyl groups excluding tert-OH is 1. The molecule has 1 N–H and O–H groups in total. The Morgan fingerprint density at radius 3 is 2.62 bits per heavy atom. The Balaban J connectivity index is 1.66. The molecule has 3 amide bonds. The van der Waals surface area contributed by atoms with E-state index in [4.69, 9.17) is 4.74 Å². The van der Waals surface area contributed by atoms with Gasteiger partial charge in [0.25, 0.3) is 5.91 Å². The number of hydrogen-bond donors (Lipinski definition) is 1. The van der Waals surface area contributed by atoms with Gasteiger partial charge in [0.15, 0.2) is 0 Å². The van der Waals surface area contributed by atoms with E-state index < -0.39 is 35.6 Å². The molecule has 180 valence electrons. The lowest BCUT2D eigenvalue weighted by molar-refractivity contribution is -0.146. The number of aryl methyl sites for hydroxylation is 2. The lowest BCUT2D eigenvalue weighted by atomic mass is 9.77. The van der Waals surface area contributed by atoms with Crippen molar-refractivity contribution in [2.75, 3.05) is 31.6 Å². The van der Waals surface area contributed by atoms with E-state index in [2.05, 4.69) is 0 Å². The molecule has 6 atom stereocenters. The van der Waals surface area contributed by atoms with Gasteiger partial charge < -0.3 is 24.5 Å². The number of benzene rings is 1. The molecule has 1 aromatic carbocycles. The molecule has 1 unspecified atom stereocenters. The van der Waals surface area contributed by atoms with Gasteiger partial charge in [0.1, 0.15) is 11.6 Å². The number of amides is 3. The molecule has 0 radical (unpaired) electrons. The van der Waals surface area contributed by atoms with E-state index in [0.717, 1.165) is 16.8 Å². The van der Waals surface area contributed by atoms with Crippen LogP contribution in [0.15, 0.2) is 42.5 Å². The van der Waals surface area contributed by atoms with E-state index in [-0.39, 0.29) is 24.3 Å². The second-order valence-corrected chi connectivity index (χ2v) is 9.91. The van der Waals surface area contributed by atoms with Gasteiger partial charge in [-0.1, -0.05) is 36.4 Å². The van der Waals surface area contributed by atoms with E-state index in [9.17, 15) is 19.5 Å². The number of fused-ring (bicyclic) bond motifs is 2. The molecular weight excluding hydrogens is 434 g/mol. The van der Waals surface area contributed by atoms with Crippen LogP contribution in [-0.4, -0.2) is 83.2 Å². The van der Waals surface area contributed by atoms with Crippen molar-refractivity contribution in [3.63, 3.8) is 0 Å². The van der Waals surface area contributed by atoms with Crippen LogP contribution in [0.1, 0.15) is 18.1 Å². The summed E-state index contributed by atoms with van der Waals surface area (Å²) in [5.41, 5.74) is 1.47. The number of likely N-dealkylation sites (N-methyl/N-ethyl adjacent to an activating group) is 1. The minimum atomic E-state index is -1.28. The summed E-state index contributed by atoms with van der Waals surface area (Å²) in [5.74, 6) is -2.32. The highest BCUT2D eigenvalue weighted by atomic mass is 16.5. The zero-order valence-corrected chi connectivity index (χ0v) is 20.0. The highest BCUT2D eigenvalue weighted by Gasteiger charge is 2.72. The van der Waals surface area contributed by atoms with E-state index in [1.54, 1.807) is 23.8 Å². The van der Waals surface area contributed by atoms with Crippen LogP contribution in [0.5, 0.6) is 0 Å². The predicted molar refractivity (Wildman–Crippen MR) is 126 cm³/mol. The fourth-order valence-corrected chi connectivity index (χ4v) is 5.99. The van der Waals surface area contributed by atoms with Crippen LogP contribution in [0.3, 0.4) is 0 Å². The van der Waals surface area contributed by atoms with Gasteiger partial charge in [-0.25, -0.2) is 0 Å². The van der Waals surface area contributed by atoms with Crippen molar-refractivity contribution in [3.05, 3.63) is 53.6 Å². The molecule has 4 heterocycles. The van der Waals surface area contributed by atoms with E-state index in [1.807, 2.05) is 56.4 Å². The minimum absolute atomic E-state index is 0.168. The van der Waals surface area contributed by atoms with Crippen molar-refractivity contribution < 1.29 is 24.2 Å². The molecule has 4 aliphatic heterocycles. The van der Waals surface area contributed by atoms with Crippen LogP contribution in [-0.2, 0) is 19.1 Å². The van der Waals surface area contributed by atoms with Gasteiger partial charge in [-0.2, -0.15) is 0 Å². The third kappa shape index (κ3) is 3.08. The first-order valence-corrected chi connectivity index (χ1v) is 11.8. The van der Waals surface area contributed by atoms with Crippen molar-refractivity contribution in [1.82, 2.24) is 9.80 Å². The molecule has 0 aliphatic carbocycles. The van der Waals surface area contributed by atoms with E-state index in [1.165, 1.54) is 4.90 Å². The molecule has 2 fully saturated rings. The van der Waals surface area contributed by atoms with Gasteiger partial charge in [0.2, 0.25) is 11.8 Å². The van der Waals surface area contributed by atoms with Gasteiger partial charge >= 0.3 is 0 Å². The van der Waals surface area contributed by atoms with Crippen molar-refractivity contribution >= 4 is 23.4 Å². The Labute approximate surface area is 199 Å². The highest BCUT2D eigenvalue weighted by Crippen LogP contribution is 2.54. The Morgan fingerprint density at radius 1 is 1.12 bits per heavy atom. The Hall–Kier alpha value is -2.97. The Bertz CT molecular complexity index is 1110. The molecule has 0 aromatic heterocycles. The lowest BCUT2D eigenvalue weighted by Gasteiger charge is -2.37. The van der Waals surface area contributed by atoms with Crippen LogP contribution < -0.4 is 4.90 Å². The summed E-state index contributed by atoms with van der Waals surface area (Å²) in [6.45, 7) is 6.11. The standard InChI is InChI=1S/C26H31N3O5/c1-15-8-9-16(2)18(13-15)28-12-6-10-26-21(20-19(34-26)7-5-11-27(4)23(20)31)24(32)29(17(3)14-30)22(26)25(28)33/h5-10,13,17,19-22,30H,11-12,14H2,1-4H3/t17-,19+,20-,21+,22?,26+/m1/s1. The predicted octanol–water partition coefficient (Wildman–Crippen LogP) is 1.20. The maximum atomic E-state index is 14.2. The highest BCUT2D eigenvalue weighted by molar-refractivity contribution is 6.06. The molecule has 0 bridgehead atoms. The summed E-state index contributed by atoms with van der Waals surface area (Å²) in [5, 5.41) is 9.99. The summed E-state index contributed by atoms with van der Waals surface area (Å²) < 4.78 is 6.55. The summed E-state index contributed by atoms with van der Waals surface area (Å²) in [4.78, 5) is 46.2. The van der Waals surface area contributed by atoms with Crippen LogP contribution in [0, 0.1) is 25.7 Å². The van der Waals surface area contributed by atoms with Gasteiger partial charge in [0, 0.05) is 25.8 Å². The lowest BCUT2D eigenvalue weighted by Crippen LogP contribution is -2.57. The van der Waals surface area contributed by atoms with Gasteiger partial charge in [-0.15, -0.1) is 0 Å². The third-order valence-corrected chi connectivity index (χ3v) is 7.69. The van der Waals surface area contributed by atoms with Crippen molar-refractivity contribution in [1.29, 1.82) is 0 Å². The molecule has 2 saturated heterocycles. The molecule has 8 heteroatoms. The maximum absolute atomic E-state index is 14.2. The van der Waals surface area contributed by atoms with Crippen LogP contribution >= 0.6 is 0 Å². The molecule has 8 nitrogen and oxygen atoms in total. The fraction of sp³-hybridized carbons (Fsp3) is 0.500. The number of ether oxygens (including phenoxy) is 1. The number of carbonyl (C=O) groups excluding carboxylic acids is 3. The largest absolute Gasteiger partial charge is 0.394 e. The normalized spacial score (nSPS) is 33.6. The number of hydrogen-bond acceptors (Lipinski definition) is 5. The average molecular weight is 466 g/mol. The topological polar surface area (TPSA) is 90.4 Å². The molecule has 34 heavy (non-hydrogen) atoms. The summed E-state index contributed by atoms with van der Waals surface area (Å²) in [6.07, 6.45) is 6.82. The first-order chi connectivity index (χ1) is 16.2. The number of nitrogens with zero attached hydrogens (tertiary/aromatic N) is 3. The summed E-state index contributed by atoms with van der Waals surface area (Å²) in [7, 11) is 1.71. The number of rotatable bonds is 3. The first-order valence-electron chi connectivity index (χ1n) is 11.8. The van der Waals surface area contributed by atoms with Crippen molar-refractivity contribution in [2.24, 2.45) is 11.8 Å². The number of carbonyl (C=O) groups is 3. The smallest absolute Gasteiger partial charge is 0.253 e. The van der Waals surface area contributed by atoms with Crippen LogP contribution in [0.25, 0.3) is 0 Å². The molecule has 0 saturated carbocycles. The third-order valence-electron chi connectivity index (χ3n) is 7.69. The second-order valence-electron chi connectivity index (χ2n) is 9.91. The van der Waals surface area contributed by atoms with Crippen LogP contribution in [0.2, 0.25) is 0 Å². The van der Waals surface area contributed by atoms with E-state index >= 15 is 0 Å². The fourth-order valence-electron chi connectivity index (χ4n) is 5.99. The van der Waals surface area contributed by atoms with E-state index in [0.29, 0.717) is 13.1 Å². The second kappa shape index (κ2) is 8.06. The molecule has 5 rings (SSSR count). The first kappa shape index (κ1) is 22.8. The zero-order chi connectivity index (χ0) is 24.4.